The Kier molecular flexibility index (Phi) is 41.5. The second-order valence-electron chi connectivity index (χ2n) is 15.0. The number of rotatable bonds is 40. The van der Waals surface area contributed by atoms with Crippen molar-refractivity contribution < 1.29 is 28.6 Å². The maximum Gasteiger partial charge on any atom is 0.309 e. The summed E-state index contributed by atoms with van der Waals surface area (Å²) in [6.07, 6.45) is 52.4. The van der Waals surface area contributed by atoms with Gasteiger partial charge in [-0.1, -0.05) is 197 Å². The van der Waals surface area contributed by atoms with Gasteiger partial charge in [-0.05, 0) is 57.8 Å². The van der Waals surface area contributed by atoms with E-state index in [-0.39, 0.29) is 31.6 Å². The Bertz CT molecular complexity index is 1020. The smallest absolute Gasteiger partial charge is 0.309 e. The SMILES string of the molecule is CC/C=C\C/C=C\C/C=C\CC(=O)OCC(COC(=O)CCCCCCC/C=C\C=C/CCCCCCCCC)OC(=O)CCCCCCCCCCCC. The fraction of sp³-hybridized carbons (Fsp3) is 0.735. The van der Waals surface area contributed by atoms with E-state index in [2.05, 4.69) is 69.4 Å². The maximum absolute atomic E-state index is 12.7. The van der Waals surface area contributed by atoms with Crippen LogP contribution in [0, 0.1) is 0 Å². The lowest BCUT2D eigenvalue weighted by Crippen LogP contribution is -2.30. The van der Waals surface area contributed by atoms with Gasteiger partial charge >= 0.3 is 17.9 Å². The van der Waals surface area contributed by atoms with Crippen LogP contribution in [0.1, 0.15) is 213 Å². The van der Waals surface area contributed by atoms with Gasteiger partial charge in [0, 0.05) is 12.8 Å². The van der Waals surface area contributed by atoms with Gasteiger partial charge in [0.1, 0.15) is 13.2 Å². The van der Waals surface area contributed by atoms with E-state index in [4.69, 9.17) is 14.2 Å². The molecule has 0 aliphatic heterocycles. The van der Waals surface area contributed by atoms with Crippen molar-refractivity contribution in [2.45, 2.75) is 219 Å². The molecular formula is C49H84O6. The van der Waals surface area contributed by atoms with E-state index in [9.17, 15) is 14.4 Å². The third kappa shape index (κ3) is 42.1. The molecule has 0 aromatic rings. The van der Waals surface area contributed by atoms with Crippen molar-refractivity contribution in [1.82, 2.24) is 0 Å². The van der Waals surface area contributed by atoms with Gasteiger partial charge in [0.25, 0.3) is 0 Å². The lowest BCUT2D eigenvalue weighted by Gasteiger charge is -2.18. The van der Waals surface area contributed by atoms with Gasteiger partial charge in [-0.3, -0.25) is 14.4 Å². The van der Waals surface area contributed by atoms with E-state index in [1.807, 2.05) is 6.08 Å². The van der Waals surface area contributed by atoms with E-state index >= 15 is 0 Å². The van der Waals surface area contributed by atoms with Gasteiger partial charge in [0.15, 0.2) is 6.10 Å². The van der Waals surface area contributed by atoms with Crippen LogP contribution in [0.25, 0.3) is 0 Å². The highest BCUT2D eigenvalue weighted by atomic mass is 16.6. The van der Waals surface area contributed by atoms with Crippen molar-refractivity contribution in [3.05, 3.63) is 60.8 Å². The first-order valence-electron chi connectivity index (χ1n) is 22.8. The molecular weight excluding hydrogens is 685 g/mol. The maximum atomic E-state index is 12.7. The minimum absolute atomic E-state index is 0.108. The summed E-state index contributed by atoms with van der Waals surface area (Å²) in [5.74, 6) is -1.06. The fourth-order valence-corrected chi connectivity index (χ4v) is 6.14. The van der Waals surface area contributed by atoms with Gasteiger partial charge in [-0.15, -0.1) is 0 Å². The van der Waals surface area contributed by atoms with Crippen LogP contribution in [-0.4, -0.2) is 37.2 Å². The van der Waals surface area contributed by atoms with Gasteiger partial charge in [0.05, 0.1) is 6.42 Å². The first-order chi connectivity index (χ1) is 27.0. The quantitative estimate of drug-likeness (QED) is 0.0203. The van der Waals surface area contributed by atoms with E-state index in [0.717, 1.165) is 77.0 Å². The van der Waals surface area contributed by atoms with Crippen LogP contribution >= 0.6 is 0 Å². The molecule has 6 heteroatoms. The molecule has 55 heavy (non-hydrogen) atoms. The average molecular weight is 769 g/mol. The van der Waals surface area contributed by atoms with Crippen LogP contribution < -0.4 is 0 Å². The molecule has 0 radical (unpaired) electrons. The summed E-state index contributed by atoms with van der Waals surface area (Å²) >= 11 is 0. The first-order valence-corrected chi connectivity index (χ1v) is 22.8. The molecule has 0 heterocycles. The predicted molar refractivity (Wildman–Crippen MR) is 233 cm³/mol. The van der Waals surface area contributed by atoms with E-state index in [1.165, 1.54) is 96.3 Å². The summed E-state index contributed by atoms with van der Waals surface area (Å²) in [4.78, 5) is 37.6. The fourth-order valence-electron chi connectivity index (χ4n) is 6.14. The lowest BCUT2D eigenvalue weighted by atomic mass is 10.1. The zero-order chi connectivity index (χ0) is 40.1. The summed E-state index contributed by atoms with van der Waals surface area (Å²) in [6.45, 7) is 6.38. The molecule has 0 fully saturated rings. The number of carbonyl (C=O) groups excluding carboxylic acids is 3. The third-order valence-electron chi connectivity index (χ3n) is 9.57. The number of allylic oxidation sites excluding steroid dienone is 9. The highest BCUT2D eigenvalue weighted by molar-refractivity contribution is 5.72. The molecule has 0 bridgehead atoms. The predicted octanol–water partition coefficient (Wildman–Crippen LogP) is 14.5. The summed E-state index contributed by atoms with van der Waals surface area (Å²) in [7, 11) is 0. The zero-order valence-corrected chi connectivity index (χ0v) is 35.9. The minimum atomic E-state index is -0.810. The van der Waals surface area contributed by atoms with E-state index < -0.39 is 12.1 Å². The Morgan fingerprint density at radius 3 is 1.31 bits per heavy atom. The molecule has 6 nitrogen and oxygen atoms in total. The number of ether oxygens (including phenoxy) is 3. The highest BCUT2D eigenvalue weighted by Gasteiger charge is 2.19. The Labute approximate surface area is 339 Å². The van der Waals surface area contributed by atoms with Crippen LogP contribution in [0.3, 0.4) is 0 Å². The molecule has 0 aliphatic rings. The number of hydrogen-bond donors (Lipinski definition) is 0. The van der Waals surface area contributed by atoms with Crippen molar-refractivity contribution in [3.8, 4) is 0 Å². The van der Waals surface area contributed by atoms with Crippen LogP contribution in [0.4, 0.5) is 0 Å². The topological polar surface area (TPSA) is 78.9 Å². The van der Waals surface area contributed by atoms with Crippen molar-refractivity contribution >= 4 is 17.9 Å². The zero-order valence-electron chi connectivity index (χ0n) is 35.9. The van der Waals surface area contributed by atoms with Crippen molar-refractivity contribution in [1.29, 1.82) is 0 Å². The number of carbonyl (C=O) groups is 3. The van der Waals surface area contributed by atoms with Gasteiger partial charge < -0.3 is 14.2 Å². The van der Waals surface area contributed by atoms with E-state index in [1.54, 1.807) is 6.08 Å². The first kappa shape index (κ1) is 52.1. The van der Waals surface area contributed by atoms with Crippen LogP contribution in [-0.2, 0) is 28.6 Å². The monoisotopic (exact) mass is 769 g/mol. The summed E-state index contributed by atoms with van der Waals surface area (Å²) in [5, 5.41) is 0. The molecule has 0 aromatic heterocycles. The standard InChI is InChI=1S/C49H84O6/c1-4-7-10-13-16-19-21-22-23-24-25-26-27-28-31-33-36-39-42-48(51)54-45-46(44-53-47(50)41-38-35-32-29-18-15-12-9-6-3)55-49(52)43-40-37-34-30-20-17-14-11-8-5-2/h9,12,18,23-26,29,35,38,46H,4-8,10-11,13-17,19-22,27-28,30-34,36-37,39-45H2,1-3H3/b12-9-,24-23-,26-25-,29-18-,38-35-. The Balaban J connectivity index is 4.38. The number of hydrogen-bond acceptors (Lipinski definition) is 6. The molecule has 0 rings (SSSR count). The molecule has 0 saturated heterocycles. The molecule has 0 amide bonds. The number of esters is 3. The lowest BCUT2D eigenvalue weighted by molar-refractivity contribution is -0.166. The van der Waals surface area contributed by atoms with Gasteiger partial charge in [-0.2, -0.15) is 0 Å². The van der Waals surface area contributed by atoms with Gasteiger partial charge in [0.2, 0.25) is 0 Å². The van der Waals surface area contributed by atoms with Crippen LogP contribution in [0.2, 0.25) is 0 Å². The molecule has 0 saturated carbocycles. The second-order valence-corrected chi connectivity index (χ2v) is 15.0. The Hall–Kier alpha value is -2.89. The normalized spacial score (nSPS) is 12.6. The second kappa shape index (κ2) is 43.8. The summed E-state index contributed by atoms with van der Waals surface area (Å²) < 4.78 is 16.5. The van der Waals surface area contributed by atoms with Crippen LogP contribution in [0.5, 0.6) is 0 Å². The van der Waals surface area contributed by atoms with Gasteiger partial charge in [-0.25, -0.2) is 0 Å². The van der Waals surface area contributed by atoms with Crippen LogP contribution in [0.15, 0.2) is 60.8 Å². The van der Waals surface area contributed by atoms with Crippen molar-refractivity contribution in [2.75, 3.05) is 13.2 Å². The van der Waals surface area contributed by atoms with Crippen molar-refractivity contribution in [2.24, 2.45) is 0 Å². The Morgan fingerprint density at radius 2 is 0.818 bits per heavy atom. The molecule has 0 spiro atoms. The summed E-state index contributed by atoms with van der Waals surface area (Å²) in [6, 6.07) is 0. The summed E-state index contributed by atoms with van der Waals surface area (Å²) in [5.41, 5.74) is 0. The largest absolute Gasteiger partial charge is 0.462 e. The molecule has 316 valence electrons. The minimum Gasteiger partial charge on any atom is -0.462 e. The van der Waals surface area contributed by atoms with E-state index in [0.29, 0.717) is 12.8 Å². The average Bonchev–Trinajstić information content (AvgIpc) is 3.18. The molecule has 1 unspecified atom stereocenters. The number of unbranched alkanes of at least 4 members (excludes halogenated alkanes) is 21. The van der Waals surface area contributed by atoms with Crippen molar-refractivity contribution in [3.63, 3.8) is 0 Å². The molecule has 0 N–H and O–H groups in total. The highest BCUT2D eigenvalue weighted by Crippen LogP contribution is 2.13. The third-order valence-corrected chi connectivity index (χ3v) is 9.57. The Morgan fingerprint density at radius 1 is 0.418 bits per heavy atom. The molecule has 0 aromatic carbocycles. The molecule has 0 aliphatic carbocycles. The molecule has 1 atom stereocenters.